The van der Waals surface area contributed by atoms with Crippen LogP contribution in [0, 0.1) is 0 Å². The number of hydrogen-bond acceptors (Lipinski definition) is 0. The molecule has 0 unspecified atom stereocenters. The SMILES string of the molecule is CC(C)[n+]1ccn(C)c1.F[B-](F)(F)F. The summed E-state index contributed by atoms with van der Waals surface area (Å²) in [6.07, 6.45) is 6.19. The maximum atomic E-state index is 9.75. The van der Waals surface area contributed by atoms with Crippen LogP contribution in [0.4, 0.5) is 17.3 Å². The zero-order valence-corrected chi connectivity index (χ0v) is 8.29. The second-order valence-corrected chi connectivity index (χ2v) is 3.11. The Morgan fingerprint density at radius 3 is 1.79 bits per heavy atom. The van der Waals surface area contributed by atoms with Crippen molar-refractivity contribution in [1.29, 1.82) is 0 Å². The summed E-state index contributed by atoms with van der Waals surface area (Å²) >= 11 is 0. The van der Waals surface area contributed by atoms with E-state index in [1.165, 1.54) is 0 Å². The molecule has 2 nitrogen and oxygen atoms in total. The lowest BCUT2D eigenvalue weighted by atomic mass is 10.3. The molecule has 0 spiro atoms. The van der Waals surface area contributed by atoms with Gasteiger partial charge in [-0.25, -0.2) is 9.13 Å². The molecule has 0 fully saturated rings. The Hall–Kier alpha value is -1.01. The van der Waals surface area contributed by atoms with Crippen LogP contribution < -0.4 is 4.57 Å². The van der Waals surface area contributed by atoms with Crippen molar-refractivity contribution in [1.82, 2.24) is 4.57 Å². The molecule has 14 heavy (non-hydrogen) atoms. The molecule has 0 aliphatic rings. The number of aryl methyl sites for hydroxylation is 1. The van der Waals surface area contributed by atoms with E-state index in [0.29, 0.717) is 6.04 Å². The van der Waals surface area contributed by atoms with Crippen molar-refractivity contribution in [3.05, 3.63) is 18.7 Å². The van der Waals surface area contributed by atoms with E-state index in [2.05, 4.69) is 30.9 Å². The first-order chi connectivity index (χ1) is 6.20. The Morgan fingerprint density at radius 2 is 1.64 bits per heavy atom. The second kappa shape index (κ2) is 5.02. The largest absolute Gasteiger partial charge is 0.673 e. The molecule has 0 atom stereocenters. The van der Waals surface area contributed by atoms with E-state index in [1.54, 1.807) is 0 Å². The summed E-state index contributed by atoms with van der Waals surface area (Å²) in [5.41, 5.74) is 0. The molecule has 0 N–H and O–H groups in total. The summed E-state index contributed by atoms with van der Waals surface area (Å²) in [5, 5.41) is 0. The average molecular weight is 212 g/mol. The minimum absolute atomic E-state index is 0.575. The Morgan fingerprint density at radius 1 is 1.21 bits per heavy atom. The fourth-order valence-electron chi connectivity index (χ4n) is 0.775. The van der Waals surface area contributed by atoms with Gasteiger partial charge in [-0.1, -0.05) is 0 Å². The smallest absolute Gasteiger partial charge is 0.418 e. The van der Waals surface area contributed by atoms with Crippen molar-refractivity contribution in [3.63, 3.8) is 0 Å². The molecule has 0 bridgehead atoms. The van der Waals surface area contributed by atoms with Crippen molar-refractivity contribution >= 4 is 7.25 Å². The predicted molar refractivity (Wildman–Crippen MR) is 46.2 cm³/mol. The maximum Gasteiger partial charge on any atom is 0.673 e. The van der Waals surface area contributed by atoms with Crippen LogP contribution in [0.2, 0.25) is 0 Å². The summed E-state index contributed by atoms with van der Waals surface area (Å²) in [6, 6.07) is 0.575. The van der Waals surface area contributed by atoms with Crippen LogP contribution >= 0.6 is 0 Å². The first kappa shape index (κ1) is 13.0. The zero-order chi connectivity index (χ0) is 11.4. The Bertz CT molecular complexity index is 263. The van der Waals surface area contributed by atoms with Crippen LogP contribution in [0.3, 0.4) is 0 Å². The van der Waals surface area contributed by atoms with Crippen molar-refractivity contribution in [2.75, 3.05) is 0 Å². The highest BCUT2D eigenvalue weighted by atomic mass is 19.5. The molecule has 0 aliphatic heterocycles. The quantitative estimate of drug-likeness (QED) is 0.383. The fraction of sp³-hybridized carbons (Fsp3) is 0.571. The van der Waals surface area contributed by atoms with Crippen LogP contribution in [-0.4, -0.2) is 11.8 Å². The van der Waals surface area contributed by atoms with Crippen LogP contribution in [-0.2, 0) is 7.05 Å². The summed E-state index contributed by atoms with van der Waals surface area (Å²) in [5.74, 6) is 0. The Labute approximate surface area is 80.3 Å². The lowest BCUT2D eigenvalue weighted by Gasteiger charge is -1.95. The first-order valence-electron chi connectivity index (χ1n) is 4.10. The monoisotopic (exact) mass is 212 g/mol. The van der Waals surface area contributed by atoms with E-state index in [0.717, 1.165) is 0 Å². The third-order valence-corrected chi connectivity index (χ3v) is 1.39. The van der Waals surface area contributed by atoms with E-state index < -0.39 is 7.25 Å². The Kier molecular flexibility index (Phi) is 4.66. The van der Waals surface area contributed by atoms with Gasteiger partial charge in [-0.15, -0.1) is 0 Å². The third-order valence-electron chi connectivity index (χ3n) is 1.39. The van der Waals surface area contributed by atoms with Crippen molar-refractivity contribution in [2.45, 2.75) is 19.9 Å². The topological polar surface area (TPSA) is 8.81 Å². The summed E-state index contributed by atoms with van der Waals surface area (Å²) in [6.45, 7) is 4.33. The van der Waals surface area contributed by atoms with Gasteiger partial charge in [-0.2, -0.15) is 0 Å². The molecule has 1 aromatic rings. The summed E-state index contributed by atoms with van der Waals surface area (Å²) in [7, 11) is -3.97. The average Bonchev–Trinajstić information content (AvgIpc) is 2.31. The highest BCUT2D eigenvalue weighted by Gasteiger charge is 2.20. The zero-order valence-electron chi connectivity index (χ0n) is 8.29. The number of hydrogen-bond donors (Lipinski definition) is 0. The van der Waals surface area contributed by atoms with Crippen LogP contribution in [0.25, 0.3) is 0 Å². The van der Waals surface area contributed by atoms with Crippen LogP contribution in [0.1, 0.15) is 19.9 Å². The Balaban J connectivity index is 0.000000292. The minimum Gasteiger partial charge on any atom is -0.418 e. The van der Waals surface area contributed by atoms with Crippen LogP contribution in [0.5, 0.6) is 0 Å². The van der Waals surface area contributed by atoms with Crippen molar-refractivity contribution in [2.24, 2.45) is 7.05 Å². The molecule has 1 heterocycles. The van der Waals surface area contributed by atoms with Crippen LogP contribution in [0.15, 0.2) is 18.7 Å². The molecule has 0 aliphatic carbocycles. The molecular weight excluding hydrogens is 199 g/mol. The molecule has 0 aromatic carbocycles. The second-order valence-electron chi connectivity index (χ2n) is 3.11. The highest BCUT2D eigenvalue weighted by molar-refractivity contribution is 6.50. The van der Waals surface area contributed by atoms with Crippen molar-refractivity contribution < 1.29 is 21.8 Å². The lowest BCUT2D eigenvalue weighted by molar-refractivity contribution is -0.715. The number of halogens is 4. The summed E-state index contributed by atoms with van der Waals surface area (Å²) in [4.78, 5) is 0. The van der Waals surface area contributed by atoms with E-state index in [1.807, 2.05) is 17.8 Å². The summed E-state index contributed by atoms with van der Waals surface area (Å²) < 4.78 is 43.2. The van der Waals surface area contributed by atoms with Gasteiger partial charge in [-0.3, -0.25) is 0 Å². The fourth-order valence-corrected chi connectivity index (χ4v) is 0.775. The third kappa shape index (κ3) is 7.63. The van der Waals surface area contributed by atoms with E-state index in [-0.39, 0.29) is 0 Å². The highest BCUT2D eigenvalue weighted by Crippen LogP contribution is 2.06. The van der Waals surface area contributed by atoms with Gasteiger partial charge < -0.3 is 17.3 Å². The van der Waals surface area contributed by atoms with Gasteiger partial charge in [-0.05, 0) is 13.8 Å². The van der Waals surface area contributed by atoms with Gasteiger partial charge in [0.15, 0.2) is 0 Å². The molecule has 1 rings (SSSR count). The standard InChI is InChI=1S/C7H13N2.BF4/c1-7(2)9-5-4-8(3)6-9;2-1(3,4)5/h4-7H,1-3H3;/q+1;-1. The number of nitrogens with zero attached hydrogens (tertiary/aromatic N) is 2. The molecule has 0 saturated carbocycles. The maximum absolute atomic E-state index is 9.75. The lowest BCUT2D eigenvalue weighted by Crippen LogP contribution is -2.33. The van der Waals surface area contributed by atoms with Gasteiger partial charge in [0.05, 0.1) is 13.1 Å². The predicted octanol–water partition coefficient (Wildman–Crippen LogP) is 2.19. The van der Waals surface area contributed by atoms with Gasteiger partial charge in [0.1, 0.15) is 12.4 Å². The van der Waals surface area contributed by atoms with E-state index in [9.17, 15) is 17.3 Å². The molecule has 0 saturated heterocycles. The number of aromatic nitrogens is 2. The first-order valence-corrected chi connectivity index (χ1v) is 4.10. The van der Waals surface area contributed by atoms with Gasteiger partial charge >= 0.3 is 7.25 Å². The minimum atomic E-state index is -6.00. The molecule has 7 heteroatoms. The molecule has 82 valence electrons. The van der Waals surface area contributed by atoms with E-state index in [4.69, 9.17) is 0 Å². The van der Waals surface area contributed by atoms with Gasteiger partial charge in [0.2, 0.25) is 6.33 Å². The van der Waals surface area contributed by atoms with E-state index >= 15 is 0 Å². The molecule has 1 aromatic heterocycles. The van der Waals surface area contributed by atoms with Crippen molar-refractivity contribution in [3.8, 4) is 0 Å². The molecular formula is C7H13BF4N2. The normalized spacial score (nSPS) is 11.1. The molecule has 0 amide bonds. The van der Waals surface area contributed by atoms with Gasteiger partial charge in [0, 0.05) is 0 Å². The molecule has 0 radical (unpaired) electrons. The number of imidazole rings is 1. The number of rotatable bonds is 1. The van der Waals surface area contributed by atoms with Gasteiger partial charge in [0.25, 0.3) is 0 Å².